The van der Waals surface area contributed by atoms with Crippen molar-refractivity contribution in [3.63, 3.8) is 0 Å². The van der Waals surface area contributed by atoms with E-state index in [4.69, 9.17) is 0 Å². The van der Waals surface area contributed by atoms with Crippen molar-refractivity contribution in [2.45, 2.75) is 18.8 Å². The molecule has 1 heterocycles. The molecule has 1 atom stereocenters. The summed E-state index contributed by atoms with van der Waals surface area (Å²) in [5.74, 6) is 0.254. The van der Waals surface area contributed by atoms with Crippen molar-refractivity contribution in [3.8, 4) is 0 Å². The molecule has 1 N–H and O–H groups in total. The van der Waals surface area contributed by atoms with Crippen molar-refractivity contribution in [2.75, 3.05) is 6.54 Å². The normalized spacial score (nSPS) is 18.3. The molecule has 0 saturated heterocycles. The first-order valence-electron chi connectivity index (χ1n) is 5.15. The second kappa shape index (κ2) is 4.26. The lowest BCUT2D eigenvalue weighted by molar-refractivity contribution is -0.116. The molecule has 15 heavy (non-hydrogen) atoms. The fourth-order valence-corrected chi connectivity index (χ4v) is 1.99. The summed E-state index contributed by atoms with van der Waals surface area (Å²) in [4.78, 5) is 15.4. The number of carbonyl (C=O) groups is 1. The molecule has 1 aliphatic rings. The molecule has 1 aromatic heterocycles. The third-order valence-electron chi connectivity index (χ3n) is 2.78. The highest BCUT2D eigenvalue weighted by Gasteiger charge is 2.23. The second-order valence-corrected chi connectivity index (χ2v) is 3.73. The molecule has 78 valence electrons. The van der Waals surface area contributed by atoms with Crippen LogP contribution in [-0.2, 0) is 11.2 Å². The molecule has 0 aliphatic heterocycles. The summed E-state index contributed by atoms with van der Waals surface area (Å²) in [7, 11) is 0. The Labute approximate surface area is 89.2 Å². The maximum atomic E-state index is 11.0. The second-order valence-electron chi connectivity index (χ2n) is 3.73. The van der Waals surface area contributed by atoms with E-state index in [9.17, 15) is 4.79 Å². The lowest BCUT2D eigenvalue weighted by Gasteiger charge is -2.10. The molecule has 0 fully saturated rings. The number of fused-ring (bicyclic) bond motifs is 1. The van der Waals surface area contributed by atoms with Crippen LogP contribution in [0.15, 0.2) is 31.0 Å². The summed E-state index contributed by atoms with van der Waals surface area (Å²) < 4.78 is 0. The number of aromatic nitrogens is 1. The van der Waals surface area contributed by atoms with Crippen LogP contribution in [0, 0.1) is 0 Å². The van der Waals surface area contributed by atoms with Crippen molar-refractivity contribution in [1.29, 1.82) is 0 Å². The Morgan fingerprint density at radius 1 is 1.73 bits per heavy atom. The van der Waals surface area contributed by atoms with E-state index in [1.807, 2.05) is 12.3 Å². The maximum absolute atomic E-state index is 11.0. The Bertz CT molecular complexity index is 387. The van der Waals surface area contributed by atoms with Crippen molar-refractivity contribution < 1.29 is 4.79 Å². The number of aryl methyl sites for hydroxylation is 1. The zero-order valence-electron chi connectivity index (χ0n) is 8.57. The zero-order valence-corrected chi connectivity index (χ0v) is 8.57. The van der Waals surface area contributed by atoms with Gasteiger partial charge < -0.3 is 5.32 Å². The molecule has 0 saturated carbocycles. The number of carbonyl (C=O) groups excluding carboxylic acids is 1. The molecule has 1 amide bonds. The summed E-state index contributed by atoms with van der Waals surface area (Å²) in [6.07, 6.45) is 5.25. The van der Waals surface area contributed by atoms with Crippen molar-refractivity contribution >= 4 is 5.91 Å². The van der Waals surface area contributed by atoms with Crippen LogP contribution < -0.4 is 5.32 Å². The lowest BCUT2D eigenvalue weighted by Crippen LogP contribution is -2.26. The van der Waals surface area contributed by atoms with E-state index in [2.05, 4.69) is 22.9 Å². The van der Waals surface area contributed by atoms with Crippen LogP contribution in [0.4, 0.5) is 0 Å². The van der Waals surface area contributed by atoms with Gasteiger partial charge in [-0.3, -0.25) is 9.78 Å². The number of pyridine rings is 1. The van der Waals surface area contributed by atoms with Gasteiger partial charge in [0.2, 0.25) is 5.91 Å². The minimum Gasteiger partial charge on any atom is -0.352 e. The first-order valence-corrected chi connectivity index (χ1v) is 5.15. The van der Waals surface area contributed by atoms with Gasteiger partial charge in [0.25, 0.3) is 0 Å². The molecule has 1 aromatic rings. The Hall–Kier alpha value is -1.64. The van der Waals surface area contributed by atoms with E-state index in [0.717, 1.165) is 18.5 Å². The number of nitrogens with one attached hydrogen (secondary N) is 1. The monoisotopic (exact) mass is 202 g/mol. The Balaban J connectivity index is 2.02. The Morgan fingerprint density at radius 3 is 3.40 bits per heavy atom. The maximum Gasteiger partial charge on any atom is 0.243 e. The molecule has 0 radical (unpaired) electrons. The average molecular weight is 202 g/mol. The highest BCUT2D eigenvalue weighted by Crippen LogP contribution is 2.30. The molecule has 2 rings (SSSR count). The largest absolute Gasteiger partial charge is 0.352 e. The van der Waals surface area contributed by atoms with Gasteiger partial charge in [-0.1, -0.05) is 12.6 Å². The molecule has 1 aliphatic carbocycles. The average Bonchev–Trinajstić information content (AvgIpc) is 2.69. The Kier molecular flexibility index (Phi) is 2.81. The van der Waals surface area contributed by atoms with Gasteiger partial charge in [-0.05, 0) is 30.5 Å². The number of hydrogen-bond acceptors (Lipinski definition) is 2. The van der Waals surface area contributed by atoms with Gasteiger partial charge in [-0.25, -0.2) is 0 Å². The van der Waals surface area contributed by atoms with E-state index in [1.165, 1.54) is 11.6 Å². The summed E-state index contributed by atoms with van der Waals surface area (Å²) in [6.45, 7) is 4.08. The quantitative estimate of drug-likeness (QED) is 0.753. The van der Waals surface area contributed by atoms with Crippen LogP contribution >= 0.6 is 0 Å². The third kappa shape index (κ3) is 2.06. The predicted molar refractivity (Wildman–Crippen MR) is 58.5 cm³/mol. The molecule has 0 aromatic carbocycles. The van der Waals surface area contributed by atoms with Gasteiger partial charge in [0.05, 0.1) is 0 Å². The fraction of sp³-hybridized carbons (Fsp3) is 0.333. The highest BCUT2D eigenvalue weighted by molar-refractivity contribution is 5.86. The van der Waals surface area contributed by atoms with Crippen LogP contribution in [0.1, 0.15) is 23.6 Å². The zero-order chi connectivity index (χ0) is 10.7. The van der Waals surface area contributed by atoms with Gasteiger partial charge in [0.15, 0.2) is 0 Å². The van der Waals surface area contributed by atoms with Gasteiger partial charge >= 0.3 is 0 Å². The van der Waals surface area contributed by atoms with Gasteiger partial charge in [0, 0.05) is 24.4 Å². The minimum absolute atomic E-state index is 0.112. The molecular formula is C12H14N2O. The van der Waals surface area contributed by atoms with E-state index in [-0.39, 0.29) is 5.91 Å². The van der Waals surface area contributed by atoms with E-state index < -0.39 is 0 Å². The number of nitrogens with zero attached hydrogens (tertiary/aromatic N) is 1. The number of rotatable bonds is 3. The highest BCUT2D eigenvalue weighted by atomic mass is 16.1. The summed E-state index contributed by atoms with van der Waals surface area (Å²) >= 11 is 0. The SMILES string of the molecule is C=CC(=O)NCC1CCc2cccnc21. The van der Waals surface area contributed by atoms with E-state index in [0.29, 0.717) is 12.5 Å². The Morgan fingerprint density at radius 2 is 2.60 bits per heavy atom. The molecule has 1 unspecified atom stereocenters. The summed E-state index contributed by atoms with van der Waals surface area (Å²) in [5.41, 5.74) is 2.46. The van der Waals surface area contributed by atoms with Crippen LogP contribution in [0.25, 0.3) is 0 Å². The predicted octanol–water partition coefficient (Wildman–Crippen LogP) is 1.41. The summed E-state index contributed by atoms with van der Waals surface area (Å²) in [5, 5.41) is 2.82. The molecule has 0 bridgehead atoms. The van der Waals surface area contributed by atoms with Crippen LogP contribution in [-0.4, -0.2) is 17.4 Å². The number of amides is 1. The van der Waals surface area contributed by atoms with Crippen LogP contribution in [0.2, 0.25) is 0 Å². The smallest absolute Gasteiger partial charge is 0.243 e. The molecule has 0 spiro atoms. The lowest BCUT2D eigenvalue weighted by atomic mass is 10.1. The van der Waals surface area contributed by atoms with Crippen LogP contribution in [0.3, 0.4) is 0 Å². The van der Waals surface area contributed by atoms with Crippen molar-refractivity contribution in [3.05, 3.63) is 42.2 Å². The first kappa shape index (κ1) is 9.90. The minimum atomic E-state index is -0.112. The molecular weight excluding hydrogens is 188 g/mol. The topological polar surface area (TPSA) is 42.0 Å². The van der Waals surface area contributed by atoms with Crippen LogP contribution in [0.5, 0.6) is 0 Å². The fourth-order valence-electron chi connectivity index (χ4n) is 1.99. The van der Waals surface area contributed by atoms with Gasteiger partial charge in [-0.2, -0.15) is 0 Å². The number of hydrogen-bond donors (Lipinski definition) is 1. The molecule has 3 nitrogen and oxygen atoms in total. The molecule has 3 heteroatoms. The third-order valence-corrected chi connectivity index (χ3v) is 2.78. The standard InChI is InChI=1S/C12H14N2O/c1-2-11(15)14-8-10-6-5-9-4-3-7-13-12(9)10/h2-4,7,10H,1,5-6,8H2,(H,14,15). The first-order chi connectivity index (χ1) is 7.31. The summed E-state index contributed by atoms with van der Waals surface area (Å²) in [6, 6.07) is 4.07. The van der Waals surface area contributed by atoms with E-state index in [1.54, 1.807) is 0 Å². The van der Waals surface area contributed by atoms with Crippen molar-refractivity contribution in [2.24, 2.45) is 0 Å². The van der Waals surface area contributed by atoms with Gasteiger partial charge in [0.1, 0.15) is 0 Å². The van der Waals surface area contributed by atoms with E-state index >= 15 is 0 Å². The van der Waals surface area contributed by atoms with Gasteiger partial charge in [-0.15, -0.1) is 0 Å². The van der Waals surface area contributed by atoms with Crippen molar-refractivity contribution in [1.82, 2.24) is 10.3 Å².